The summed E-state index contributed by atoms with van der Waals surface area (Å²) in [6, 6.07) is 0. The van der Waals surface area contributed by atoms with Gasteiger partial charge in [-0.15, -0.1) is 0 Å². The molecule has 0 aliphatic rings. The molecule has 4 N–H and O–H groups in total. The van der Waals surface area contributed by atoms with E-state index in [-0.39, 0.29) is 11.4 Å². The number of hydrogen-bond donors (Lipinski definition) is 3. The van der Waals surface area contributed by atoms with Crippen molar-refractivity contribution in [2.45, 2.75) is 32.7 Å². The van der Waals surface area contributed by atoms with Gasteiger partial charge in [0.2, 0.25) is 11.8 Å². The summed E-state index contributed by atoms with van der Waals surface area (Å²) in [5.41, 5.74) is 5.91. The highest BCUT2D eigenvalue weighted by molar-refractivity contribution is 5.77. The number of rotatable bonds is 5. The van der Waals surface area contributed by atoms with E-state index in [1.54, 1.807) is 0 Å². The van der Waals surface area contributed by atoms with Gasteiger partial charge in [-0.1, -0.05) is 0 Å². The Morgan fingerprint density at radius 1 is 1.42 bits per heavy atom. The maximum absolute atomic E-state index is 11.6. The third-order valence-corrected chi connectivity index (χ3v) is 2.20. The highest BCUT2D eigenvalue weighted by Crippen LogP contribution is 2.23. The number of nitrogens with one attached hydrogen (secondary N) is 2. The van der Waals surface area contributed by atoms with Crippen LogP contribution in [-0.2, 0) is 4.79 Å². The van der Waals surface area contributed by atoms with Crippen molar-refractivity contribution >= 4 is 17.4 Å². The summed E-state index contributed by atoms with van der Waals surface area (Å²) in [5, 5.41) is 5.86. The lowest BCUT2D eigenvalue weighted by atomic mass is 10.1. The normalized spacial score (nSPS) is 10.9. The first kappa shape index (κ1) is 15.0. The molecule has 1 aromatic rings. The SMILES string of the molecule is COc1ncnc(NCCC(=O)NC(C)(C)C)c1N. The standard InChI is InChI=1S/C12H21N5O2/c1-12(2,3)17-8(18)5-6-14-10-9(13)11(19-4)16-7-15-10/h7H,5-6,13H2,1-4H3,(H,17,18)(H,14,15,16). The zero-order valence-corrected chi connectivity index (χ0v) is 11.8. The van der Waals surface area contributed by atoms with E-state index in [1.807, 2.05) is 20.8 Å². The molecule has 1 aromatic heterocycles. The van der Waals surface area contributed by atoms with E-state index in [4.69, 9.17) is 10.5 Å². The molecule has 106 valence electrons. The smallest absolute Gasteiger partial charge is 0.242 e. The summed E-state index contributed by atoms with van der Waals surface area (Å²) in [5.74, 6) is 0.756. The summed E-state index contributed by atoms with van der Waals surface area (Å²) in [4.78, 5) is 19.5. The largest absolute Gasteiger partial charge is 0.479 e. The van der Waals surface area contributed by atoms with Crippen LogP contribution in [0.15, 0.2) is 6.33 Å². The van der Waals surface area contributed by atoms with E-state index in [0.717, 1.165) is 0 Å². The van der Waals surface area contributed by atoms with Crippen LogP contribution < -0.4 is 21.1 Å². The molecule has 0 atom stereocenters. The van der Waals surface area contributed by atoms with Crippen LogP contribution in [0.1, 0.15) is 27.2 Å². The highest BCUT2D eigenvalue weighted by Gasteiger charge is 2.13. The molecule has 0 saturated heterocycles. The number of aromatic nitrogens is 2. The van der Waals surface area contributed by atoms with Crippen molar-refractivity contribution in [1.82, 2.24) is 15.3 Å². The monoisotopic (exact) mass is 267 g/mol. The lowest BCUT2D eigenvalue weighted by Gasteiger charge is -2.20. The molecule has 19 heavy (non-hydrogen) atoms. The van der Waals surface area contributed by atoms with Crippen molar-refractivity contribution in [1.29, 1.82) is 0 Å². The van der Waals surface area contributed by atoms with Crippen molar-refractivity contribution in [2.24, 2.45) is 0 Å². The Morgan fingerprint density at radius 2 is 2.11 bits per heavy atom. The lowest BCUT2D eigenvalue weighted by molar-refractivity contribution is -0.122. The molecule has 0 aliphatic heterocycles. The predicted octanol–water partition coefficient (Wildman–Crippen LogP) is 0.784. The molecule has 1 heterocycles. The first-order chi connectivity index (χ1) is 8.83. The minimum absolute atomic E-state index is 0.0282. The molecule has 7 heteroatoms. The van der Waals surface area contributed by atoms with Crippen molar-refractivity contribution in [3.8, 4) is 5.88 Å². The van der Waals surface area contributed by atoms with Crippen molar-refractivity contribution in [3.05, 3.63) is 6.33 Å². The molecule has 0 fully saturated rings. The van der Waals surface area contributed by atoms with Crippen LogP contribution in [0.4, 0.5) is 11.5 Å². The van der Waals surface area contributed by atoms with Gasteiger partial charge >= 0.3 is 0 Å². The Morgan fingerprint density at radius 3 is 2.68 bits per heavy atom. The number of amides is 1. The summed E-state index contributed by atoms with van der Waals surface area (Å²) < 4.78 is 4.98. The quantitative estimate of drug-likeness (QED) is 0.728. The first-order valence-electron chi connectivity index (χ1n) is 6.03. The van der Waals surface area contributed by atoms with E-state index < -0.39 is 0 Å². The fraction of sp³-hybridized carbons (Fsp3) is 0.583. The van der Waals surface area contributed by atoms with Crippen LogP contribution in [0.2, 0.25) is 0 Å². The second kappa shape index (κ2) is 6.21. The summed E-state index contributed by atoms with van der Waals surface area (Å²) >= 11 is 0. The number of ether oxygens (including phenoxy) is 1. The molecular formula is C12H21N5O2. The van der Waals surface area contributed by atoms with Gasteiger partial charge in [0.1, 0.15) is 12.0 Å². The predicted molar refractivity (Wildman–Crippen MR) is 74.0 cm³/mol. The zero-order chi connectivity index (χ0) is 14.5. The number of carbonyl (C=O) groups excluding carboxylic acids is 1. The first-order valence-corrected chi connectivity index (χ1v) is 6.03. The zero-order valence-electron chi connectivity index (χ0n) is 11.8. The fourth-order valence-corrected chi connectivity index (χ4v) is 1.46. The maximum Gasteiger partial charge on any atom is 0.242 e. The minimum Gasteiger partial charge on any atom is -0.479 e. The van der Waals surface area contributed by atoms with E-state index in [1.165, 1.54) is 13.4 Å². The number of methoxy groups -OCH3 is 1. The molecule has 0 bridgehead atoms. The molecule has 0 saturated carbocycles. The Balaban J connectivity index is 2.48. The van der Waals surface area contributed by atoms with Gasteiger partial charge < -0.3 is 21.1 Å². The molecule has 1 rings (SSSR count). The minimum atomic E-state index is -0.228. The third kappa shape index (κ3) is 4.99. The Kier molecular flexibility index (Phi) is 4.91. The summed E-state index contributed by atoms with van der Waals surface area (Å²) in [6.07, 6.45) is 1.69. The van der Waals surface area contributed by atoms with Gasteiger partial charge in [0.15, 0.2) is 5.82 Å². The average Bonchev–Trinajstić information content (AvgIpc) is 2.29. The number of nitrogen functional groups attached to an aromatic ring is 1. The van der Waals surface area contributed by atoms with E-state index in [2.05, 4.69) is 20.6 Å². The fourth-order valence-electron chi connectivity index (χ4n) is 1.46. The Bertz CT molecular complexity index is 442. The van der Waals surface area contributed by atoms with Crippen LogP contribution in [0, 0.1) is 0 Å². The molecule has 0 spiro atoms. The topological polar surface area (TPSA) is 102 Å². The van der Waals surface area contributed by atoms with Gasteiger partial charge in [0.25, 0.3) is 0 Å². The average molecular weight is 267 g/mol. The van der Waals surface area contributed by atoms with Crippen LogP contribution >= 0.6 is 0 Å². The van der Waals surface area contributed by atoms with E-state index in [9.17, 15) is 4.79 Å². The lowest BCUT2D eigenvalue weighted by Crippen LogP contribution is -2.41. The van der Waals surface area contributed by atoms with Gasteiger partial charge in [-0.25, -0.2) is 4.98 Å². The van der Waals surface area contributed by atoms with Gasteiger partial charge in [-0.2, -0.15) is 4.98 Å². The second-order valence-corrected chi connectivity index (χ2v) is 5.12. The van der Waals surface area contributed by atoms with Crippen LogP contribution in [0.25, 0.3) is 0 Å². The van der Waals surface area contributed by atoms with Crippen LogP contribution in [0.5, 0.6) is 5.88 Å². The summed E-state index contributed by atoms with van der Waals surface area (Å²) in [7, 11) is 1.49. The number of nitrogens with two attached hydrogens (primary N) is 1. The highest BCUT2D eigenvalue weighted by atomic mass is 16.5. The molecule has 0 aliphatic carbocycles. The molecule has 0 aromatic carbocycles. The molecule has 1 amide bonds. The van der Waals surface area contributed by atoms with Crippen molar-refractivity contribution < 1.29 is 9.53 Å². The van der Waals surface area contributed by atoms with Gasteiger partial charge in [0, 0.05) is 18.5 Å². The molecule has 0 radical (unpaired) electrons. The molecular weight excluding hydrogens is 246 g/mol. The van der Waals surface area contributed by atoms with Crippen LogP contribution in [-0.4, -0.2) is 35.1 Å². The van der Waals surface area contributed by atoms with Gasteiger partial charge in [-0.05, 0) is 20.8 Å². The number of nitrogens with zero attached hydrogens (tertiary/aromatic N) is 2. The van der Waals surface area contributed by atoms with Gasteiger partial charge in [0.05, 0.1) is 7.11 Å². The van der Waals surface area contributed by atoms with Crippen molar-refractivity contribution in [3.63, 3.8) is 0 Å². The number of anilines is 2. The second-order valence-electron chi connectivity index (χ2n) is 5.12. The number of carbonyl (C=O) groups is 1. The third-order valence-electron chi connectivity index (χ3n) is 2.20. The molecule has 0 unspecified atom stereocenters. The summed E-state index contributed by atoms with van der Waals surface area (Å²) in [6.45, 7) is 6.25. The Hall–Kier alpha value is -2.05. The Labute approximate surface area is 113 Å². The van der Waals surface area contributed by atoms with Crippen LogP contribution in [0.3, 0.4) is 0 Å². The van der Waals surface area contributed by atoms with E-state index in [0.29, 0.717) is 30.4 Å². The number of hydrogen-bond acceptors (Lipinski definition) is 6. The maximum atomic E-state index is 11.6. The van der Waals surface area contributed by atoms with Gasteiger partial charge in [-0.3, -0.25) is 4.79 Å². The van der Waals surface area contributed by atoms with E-state index >= 15 is 0 Å². The molecule has 7 nitrogen and oxygen atoms in total. The van der Waals surface area contributed by atoms with Crippen molar-refractivity contribution in [2.75, 3.05) is 24.7 Å².